The molecule has 0 radical (unpaired) electrons. The Morgan fingerprint density at radius 2 is 1.53 bits per heavy atom. The van der Waals surface area contributed by atoms with E-state index in [9.17, 15) is 9.59 Å². The monoisotopic (exact) mass is 242 g/mol. The number of carbonyl (C=O) groups is 2. The number of rotatable bonds is 6. The van der Waals surface area contributed by atoms with E-state index in [-0.39, 0.29) is 35.6 Å². The summed E-state index contributed by atoms with van der Waals surface area (Å²) >= 11 is 0. The van der Waals surface area contributed by atoms with Gasteiger partial charge >= 0.3 is 0 Å². The first-order chi connectivity index (χ1) is 7.73. The maximum atomic E-state index is 12.3. The molecule has 0 heterocycles. The maximum Gasteiger partial charge on any atom is 0.240 e. The topological polar surface area (TPSA) is 49.4 Å². The van der Waals surface area contributed by atoms with E-state index in [2.05, 4.69) is 5.32 Å². The fourth-order valence-electron chi connectivity index (χ4n) is 2.29. The number of nitrogens with one attached hydrogen (secondary N) is 1. The van der Waals surface area contributed by atoms with Gasteiger partial charge in [-0.3, -0.25) is 9.59 Å². The van der Waals surface area contributed by atoms with Gasteiger partial charge in [0.2, 0.25) is 5.91 Å². The lowest BCUT2D eigenvalue weighted by Crippen LogP contribution is -2.53. The SMILES string of the molecule is CN[C@H](C(=O)N(C)[C@H](C(C)=O)C(C)C)C(C)C. The second kappa shape index (κ2) is 6.74. The fraction of sp³-hybridized carbons (Fsp3) is 0.846. The van der Waals surface area contributed by atoms with E-state index in [1.165, 1.54) is 6.92 Å². The summed E-state index contributed by atoms with van der Waals surface area (Å²) in [5, 5.41) is 3.01. The summed E-state index contributed by atoms with van der Waals surface area (Å²) < 4.78 is 0. The molecule has 0 fully saturated rings. The molecule has 0 bridgehead atoms. The highest BCUT2D eigenvalue weighted by atomic mass is 16.2. The molecule has 100 valence electrons. The van der Waals surface area contributed by atoms with E-state index in [0.717, 1.165) is 0 Å². The normalized spacial score (nSPS) is 14.9. The molecule has 4 nitrogen and oxygen atoms in total. The van der Waals surface area contributed by atoms with E-state index in [0.29, 0.717) is 0 Å². The van der Waals surface area contributed by atoms with E-state index < -0.39 is 0 Å². The van der Waals surface area contributed by atoms with E-state index in [4.69, 9.17) is 0 Å². The molecule has 0 aromatic carbocycles. The van der Waals surface area contributed by atoms with Crippen LogP contribution in [0, 0.1) is 11.8 Å². The van der Waals surface area contributed by atoms with Crippen molar-refractivity contribution in [3.8, 4) is 0 Å². The number of hydrogen-bond donors (Lipinski definition) is 1. The van der Waals surface area contributed by atoms with Gasteiger partial charge in [-0.2, -0.15) is 0 Å². The number of carbonyl (C=O) groups excluding carboxylic acids is 2. The second-order valence-electron chi connectivity index (χ2n) is 5.26. The first kappa shape index (κ1) is 16.1. The summed E-state index contributed by atoms with van der Waals surface area (Å²) in [6.07, 6.45) is 0. The van der Waals surface area contributed by atoms with E-state index in [1.54, 1.807) is 19.0 Å². The van der Waals surface area contributed by atoms with Crippen LogP contribution in [0.3, 0.4) is 0 Å². The lowest BCUT2D eigenvalue weighted by molar-refractivity contribution is -0.141. The van der Waals surface area contributed by atoms with Crippen LogP contribution in [-0.2, 0) is 9.59 Å². The maximum absolute atomic E-state index is 12.3. The third-order valence-electron chi connectivity index (χ3n) is 3.06. The highest BCUT2D eigenvalue weighted by Crippen LogP contribution is 2.14. The highest BCUT2D eigenvalue weighted by molar-refractivity contribution is 5.89. The van der Waals surface area contributed by atoms with Gasteiger partial charge in [0, 0.05) is 7.05 Å². The summed E-state index contributed by atoms with van der Waals surface area (Å²) in [5.41, 5.74) is 0. The van der Waals surface area contributed by atoms with Gasteiger partial charge in [-0.05, 0) is 25.8 Å². The van der Waals surface area contributed by atoms with Gasteiger partial charge < -0.3 is 10.2 Å². The number of ketones is 1. The van der Waals surface area contributed by atoms with Crippen molar-refractivity contribution in [2.24, 2.45) is 11.8 Å². The Labute approximate surface area is 105 Å². The van der Waals surface area contributed by atoms with Crippen molar-refractivity contribution >= 4 is 11.7 Å². The van der Waals surface area contributed by atoms with Gasteiger partial charge in [-0.1, -0.05) is 27.7 Å². The van der Waals surface area contributed by atoms with Crippen molar-refractivity contribution < 1.29 is 9.59 Å². The zero-order chi connectivity index (χ0) is 13.7. The predicted octanol–water partition coefficient (Wildman–Crippen LogP) is 1.30. The van der Waals surface area contributed by atoms with Crippen LogP contribution in [0.1, 0.15) is 34.6 Å². The van der Waals surface area contributed by atoms with Crippen molar-refractivity contribution in [1.82, 2.24) is 10.2 Å². The van der Waals surface area contributed by atoms with Gasteiger partial charge in [0.1, 0.15) is 0 Å². The predicted molar refractivity (Wildman–Crippen MR) is 69.8 cm³/mol. The molecule has 0 aromatic heterocycles. The van der Waals surface area contributed by atoms with Crippen LogP contribution >= 0.6 is 0 Å². The molecule has 0 unspecified atom stereocenters. The molecule has 2 atom stereocenters. The first-order valence-corrected chi connectivity index (χ1v) is 6.18. The van der Waals surface area contributed by atoms with Crippen LogP contribution in [0.15, 0.2) is 0 Å². The zero-order valence-electron chi connectivity index (χ0n) is 12.1. The molecule has 1 amide bonds. The van der Waals surface area contributed by atoms with Crippen molar-refractivity contribution in [2.75, 3.05) is 14.1 Å². The summed E-state index contributed by atoms with van der Waals surface area (Å²) in [6, 6.07) is -0.572. The number of likely N-dealkylation sites (N-methyl/N-ethyl adjacent to an activating group) is 2. The fourth-order valence-corrected chi connectivity index (χ4v) is 2.29. The average molecular weight is 242 g/mol. The van der Waals surface area contributed by atoms with Crippen LogP contribution in [-0.4, -0.2) is 42.8 Å². The summed E-state index contributed by atoms with van der Waals surface area (Å²) in [7, 11) is 3.48. The van der Waals surface area contributed by atoms with Crippen LogP contribution in [0.25, 0.3) is 0 Å². The smallest absolute Gasteiger partial charge is 0.240 e. The Hall–Kier alpha value is -0.900. The molecule has 0 aliphatic heterocycles. The quantitative estimate of drug-likeness (QED) is 0.764. The van der Waals surface area contributed by atoms with Crippen molar-refractivity contribution in [1.29, 1.82) is 0 Å². The molecule has 0 saturated carbocycles. The van der Waals surface area contributed by atoms with Crippen molar-refractivity contribution in [3.05, 3.63) is 0 Å². The zero-order valence-corrected chi connectivity index (χ0v) is 12.1. The minimum atomic E-state index is -0.336. The van der Waals surface area contributed by atoms with Crippen LogP contribution in [0.2, 0.25) is 0 Å². The molecule has 17 heavy (non-hydrogen) atoms. The van der Waals surface area contributed by atoms with Gasteiger partial charge in [0.15, 0.2) is 5.78 Å². The molecular formula is C13H26N2O2. The minimum absolute atomic E-state index is 0.0172. The summed E-state index contributed by atoms with van der Waals surface area (Å²) in [6.45, 7) is 9.44. The van der Waals surface area contributed by atoms with Gasteiger partial charge in [0.05, 0.1) is 12.1 Å². The Morgan fingerprint density at radius 1 is 1.06 bits per heavy atom. The largest absolute Gasteiger partial charge is 0.334 e. The Balaban J connectivity index is 4.94. The van der Waals surface area contributed by atoms with Crippen LogP contribution in [0.5, 0.6) is 0 Å². The molecule has 0 spiro atoms. The van der Waals surface area contributed by atoms with Crippen LogP contribution < -0.4 is 5.32 Å². The van der Waals surface area contributed by atoms with Crippen molar-refractivity contribution in [2.45, 2.75) is 46.7 Å². The number of hydrogen-bond acceptors (Lipinski definition) is 3. The molecule has 1 N–H and O–H groups in total. The molecule has 0 saturated heterocycles. The molecule has 0 aliphatic carbocycles. The standard InChI is InChI=1S/C13H26N2O2/c1-8(2)11(14-6)13(17)15(7)12(9(3)4)10(5)16/h8-9,11-12,14H,1-7H3/t11-,12-/m0/s1. The minimum Gasteiger partial charge on any atom is -0.334 e. The van der Waals surface area contributed by atoms with Gasteiger partial charge in [-0.25, -0.2) is 0 Å². The molecule has 4 heteroatoms. The Kier molecular flexibility index (Phi) is 6.39. The number of nitrogens with zero attached hydrogens (tertiary/aromatic N) is 1. The third-order valence-corrected chi connectivity index (χ3v) is 3.06. The average Bonchev–Trinajstić information content (AvgIpc) is 2.16. The molecule has 0 rings (SSSR count). The summed E-state index contributed by atoms with van der Waals surface area (Å²) in [5.74, 6) is 0.353. The highest BCUT2D eigenvalue weighted by Gasteiger charge is 2.31. The number of amides is 1. The molecular weight excluding hydrogens is 216 g/mol. The molecule has 0 aromatic rings. The van der Waals surface area contributed by atoms with Crippen molar-refractivity contribution in [3.63, 3.8) is 0 Å². The van der Waals surface area contributed by atoms with Gasteiger partial charge in [-0.15, -0.1) is 0 Å². The molecule has 0 aliphatic rings. The van der Waals surface area contributed by atoms with E-state index >= 15 is 0 Å². The Bertz CT molecular complexity index is 275. The lowest BCUT2D eigenvalue weighted by atomic mass is 9.96. The third kappa shape index (κ3) is 4.11. The lowest BCUT2D eigenvalue weighted by Gasteiger charge is -2.33. The number of Topliss-reactive ketones (excluding diaryl/α,β-unsaturated/α-hetero) is 1. The Morgan fingerprint density at radius 3 is 1.76 bits per heavy atom. The van der Waals surface area contributed by atoms with Gasteiger partial charge in [0.25, 0.3) is 0 Å². The van der Waals surface area contributed by atoms with Crippen LogP contribution in [0.4, 0.5) is 0 Å². The second-order valence-corrected chi connectivity index (χ2v) is 5.26. The van der Waals surface area contributed by atoms with E-state index in [1.807, 2.05) is 27.7 Å². The summed E-state index contributed by atoms with van der Waals surface area (Å²) in [4.78, 5) is 25.5. The first-order valence-electron chi connectivity index (χ1n) is 6.18.